The van der Waals surface area contributed by atoms with Crippen LogP contribution < -0.4 is 4.90 Å². The molecule has 0 radical (unpaired) electrons. The summed E-state index contributed by atoms with van der Waals surface area (Å²) < 4.78 is -1.75. The van der Waals surface area contributed by atoms with E-state index in [1.165, 1.54) is 0 Å². The van der Waals surface area contributed by atoms with Crippen molar-refractivity contribution in [3.05, 3.63) is 30.3 Å². The third-order valence-corrected chi connectivity index (χ3v) is 1.96. The second-order valence-electron chi connectivity index (χ2n) is 2.28. The molecule has 0 bridgehead atoms. The van der Waals surface area contributed by atoms with Crippen LogP contribution in [0.25, 0.3) is 0 Å². The summed E-state index contributed by atoms with van der Waals surface area (Å²) in [5, 5.41) is 0. The molecule has 0 fully saturated rings. The van der Waals surface area contributed by atoms with Gasteiger partial charge in [0, 0.05) is 5.69 Å². The van der Waals surface area contributed by atoms with Crippen molar-refractivity contribution in [2.75, 3.05) is 4.90 Å². The molecule has 0 spiro atoms. The number of alkyl halides is 3. The molecule has 13 heavy (non-hydrogen) atoms. The number of anilines is 1. The van der Waals surface area contributed by atoms with Crippen molar-refractivity contribution in [1.29, 1.82) is 0 Å². The number of halogens is 3. The number of nitrogens with zero attached hydrogens (tertiary/aromatic N) is 1. The van der Waals surface area contributed by atoms with Gasteiger partial charge in [-0.05, 0) is 12.1 Å². The van der Waals surface area contributed by atoms with E-state index >= 15 is 0 Å². The molecule has 0 unspecified atom stereocenters. The highest BCUT2D eigenvalue weighted by atomic mass is 35.6. The van der Waals surface area contributed by atoms with Crippen molar-refractivity contribution >= 4 is 46.9 Å². The van der Waals surface area contributed by atoms with Crippen molar-refractivity contribution < 1.29 is 4.79 Å². The zero-order valence-electron chi connectivity index (χ0n) is 6.45. The second kappa shape index (κ2) is 4.18. The first-order chi connectivity index (χ1) is 6.05. The molecule has 5 heteroatoms. The normalized spacial score (nSPS) is 11.0. The largest absolute Gasteiger partial charge is 0.278 e. The average Bonchev–Trinajstić information content (AvgIpc) is 2.05. The number of hydrogen-bond acceptors (Lipinski definition) is 1. The maximum absolute atomic E-state index is 10.6. The second-order valence-corrected chi connectivity index (χ2v) is 4.50. The van der Waals surface area contributed by atoms with E-state index in [0.717, 1.165) is 4.90 Å². The molecule has 1 amide bonds. The van der Waals surface area contributed by atoms with Crippen LogP contribution in [0.3, 0.4) is 0 Å². The minimum Gasteiger partial charge on any atom is -0.278 e. The summed E-state index contributed by atoms with van der Waals surface area (Å²) in [4.78, 5) is 11.6. The Bertz CT molecular complexity index is 283. The highest BCUT2D eigenvalue weighted by molar-refractivity contribution is 6.69. The van der Waals surface area contributed by atoms with E-state index in [0.29, 0.717) is 12.1 Å². The van der Waals surface area contributed by atoms with E-state index in [-0.39, 0.29) is 0 Å². The fourth-order valence-electron chi connectivity index (χ4n) is 0.856. The van der Waals surface area contributed by atoms with Gasteiger partial charge in [-0.25, -0.2) is 0 Å². The Morgan fingerprint density at radius 2 is 1.69 bits per heavy atom. The van der Waals surface area contributed by atoms with Gasteiger partial charge in [0.1, 0.15) is 0 Å². The van der Waals surface area contributed by atoms with Crippen LogP contribution in [0.4, 0.5) is 5.69 Å². The van der Waals surface area contributed by atoms with Crippen LogP contribution in [0.5, 0.6) is 0 Å². The summed E-state index contributed by atoms with van der Waals surface area (Å²) in [6.07, 6.45) is 0.475. The van der Waals surface area contributed by atoms with Gasteiger partial charge in [-0.3, -0.25) is 9.69 Å². The third-order valence-electron chi connectivity index (χ3n) is 1.41. The minimum absolute atomic E-state index is 0.475. The molecule has 0 saturated carbocycles. The Hall–Kier alpha value is -0.440. The number of benzene rings is 1. The zero-order chi connectivity index (χ0) is 9.90. The van der Waals surface area contributed by atoms with Crippen molar-refractivity contribution in [1.82, 2.24) is 0 Å². The molecule has 0 aliphatic carbocycles. The Balaban J connectivity index is 2.99. The maximum atomic E-state index is 10.6. The lowest BCUT2D eigenvalue weighted by molar-refractivity contribution is -0.107. The summed E-state index contributed by atoms with van der Waals surface area (Å²) in [6, 6.07) is 8.67. The molecule has 0 aliphatic rings. The Labute approximate surface area is 91.0 Å². The van der Waals surface area contributed by atoms with Crippen LogP contribution in [0.15, 0.2) is 30.3 Å². The van der Waals surface area contributed by atoms with E-state index < -0.39 is 3.92 Å². The van der Waals surface area contributed by atoms with Gasteiger partial charge in [0.15, 0.2) is 0 Å². The van der Waals surface area contributed by atoms with Gasteiger partial charge in [-0.1, -0.05) is 53.0 Å². The van der Waals surface area contributed by atoms with Crippen molar-refractivity contribution in [3.8, 4) is 0 Å². The number of amides is 1. The van der Waals surface area contributed by atoms with E-state index in [9.17, 15) is 4.79 Å². The summed E-state index contributed by atoms with van der Waals surface area (Å²) in [5.74, 6) is 0. The van der Waals surface area contributed by atoms with Crippen LogP contribution >= 0.6 is 34.8 Å². The molecule has 70 valence electrons. The van der Waals surface area contributed by atoms with E-state index in [1.54, 1.807) is 24.3 Å². The molecule has 1 aromatic rings. The van der Waals surface area contributed by atoms with Gasteiger partial charge in [-0.2, -0.15) is 0 Å². The van der Waals surface area contributed by atoms with Gasteiger partial charge >= 0.3 is 0 Å². The Kier molecular flexibility index (Phi) is 3.42. The molecular formula is C8H6Cl3NO. The predicted octanol–water partition coefficient (Wildman–Crippen LogP) is 2.98. The number of carbonyl (C=O) groups is 1. The molecule has 2 nitrogen and oxygen atoms in total. The topological polar surface area (TPSA) is 20.3 Å². The van der Waals surface area contributed by atoms with E-state index in [4.69, 9.17) is 34.8 Å². The fraction of sp³-hybridized carbons (Fsp3) is 0.125. The molecule has 0 saturated heterocycles. The molecule has 0 aliphatic heterocycles. The third kappa shape index (κ3) is 2.76. The standard InChI is InChI=1S/C8H6Cl3NO/c9-8(10,11)12(6-13)7-4-2-1-3-5-7/h1-6H. The monoisotopic (exact) mass is 237 g/mol. The smallest absolute Gasteiger partial charge is 0.274 e. The molecular weight excluding hydrogens is 232 g/mol. The van der Waals surface area contributed by atoms with Gasteiger partial charge in [0.05, 0.1) is 0 Å². The summed E-state index contributed by atoms with van der Waals surface area (Å²) >= 11 is 16.7. The lowest BCUT2D eigenvalue weighted by Gasteiger charge is -2.24. The number of rotatable bonds is 2. The molecule has 1 aromatic carbocycles. The van der Waals surface area contributed by atoms with Crippen molar-refractivity contribution in [2.24, 2.45) is 0 Å². The first-order valence-corrected chi connectivity index (χ1v) is 4.55. The maximum Gasteiger partial charge on any atom is 0.274 e. The van der Waals surface area contributed by atoms with Crippen molar-refractivity contribution in [2.45, 2.75) is 3.92 Å². The molecule has 0 aromatic heterocycles. The summed E-state index contributed by atoms with van der Waals surface area (Å²) in [6.45, 7) is 0. The van der Waals surface area contributed by atoms with Gasteiger partial charge in [0.25, 0.3) is 3.92 Å². The average molecular weight is 239 g/mol. The van der Waals surface area contributed by atoms with E-state index in [2.05, 4.69) is 0 Å². The van der Waals surface area contributed by atoms with Crippen LogP contribution in [-0.4, -0.2) is 10.3 Å². The first-order valence-electron chi connectivity index (χ1n) is 3.42. The molecule has 0 N–H and O–H groups in total. The fourth-order valence-corrected chi connectivity index (χ4v) is 1.27. The van der Waals surface area contributed by atoms with Gasteiger partial charge < -0.3 is 0 Å². The lowest BCUT2D eigenvalue weighted by Crippen LogP contribution is -2.33. The highest BCUT2D eigenvalue weighted by Gasteiger charge is 2.29. The Morgan fingerprint density at radius 1 is 1.15 bits per heavy atom. The summed E-state index contributed by atoms with van der Waals surface area (Å²) in [7, 11) is 0. The minimum atomic E-state index is -1.75. The SMILES string of the molecule is O=CN(c1ccccc1)C(Cl)(Cl)Cl. The molecule has 1 rings (SSSR count). The first kappa shape index (κ1) is 10.6. The number of carbonyl (C=O) groups excluding carboxylic acids is 1. The van der Waals surface area contributed by atoms with Crippen LogP contribution in [-0.2, 0) is 4.79 Å². The lowest BCUT2D eigenvalue weighted by atomic mass is 10.3. The zero-order valence-corrected chi connectivity index (χ0v) is 8.72. The summed E-state index contributed by atoms with van der Waals surface area (Å²) in [5.41, 5.74) is 0.539. The number of para-hydroxylation sites is 1. The van der Waals surface area contributed by atoms with Gasteiger partial charge in [-0.15, -0.1) is 0 Å². The van der Waals surface area contributed by atoms with Crippen molar-refractivity contribution in [3.63, 3.8) is 0 Å². The van der Waals surface area contributed by atoms with Crippen LogP contribution in [0.1, 0.15) is 0 Å². The molecule has 0 atom stereocenters. The van der Waals surface area contributed by atoms with Crippen LogP contribution in [0.2, 0.25) is 0 Å². The van der Waals surface area contributed by atoms with Gasteiger partial charge in [0.2, 0.25) is 6.41 Å². The highest BCUT2D eigenvalue weighted by Crippen LogP contribution is 2.33. The molecule has 0 heterocycles. The predicted molar refractivity (Wildman–Crippen MR) is 55.3 cm³/mol. The van der Waals surface area contributed by atoms with Crippen LogP contribution in [0, 0.1) is 0 Å². The van der Waals surface area contributed by atoms with E-state index in [1.807, 2.05) is 6.07 Å². The quantitative estimate of drug-likeness (QED) is 0.441. The number of hydrogen-bond donors (Lipinski definition) is 0. The Morgan fingerprint density at radius 3 is 2.08 bits per heavy atom.